The first-order chi connectivity index (χ1) is 7.74. The third-order valence-corrected chi connectivity index (χ3v) is 3.22. The minimum absolute atomic E-state index is 0.0962. The fourth-order valence-electron chi connectivity index (χ4n) is 1.85. The van der Waals surface area contributed by atoms with Crippen LogP contribution in [0.1, 0.15) is 19.3 Å². The molecule has 0 bridgehead atoms. The maximum absolute atomic E-state index is 11.7. The van der Waals surface area contributed by atoms with Crippen LogP contribution in [0.15, 0.2) is 40.9 Å². The standard InChI is InChI=1S/C13H14BrNO/c14-11-5-7-12(8-6-11)15-13(16)9-10-3-1-2-4-10/h1,3,5-8,10H,2,4,9H2,(H,15,16)/t10-/m0/s1. The number of nitrogens with one attached hydrogen (secondary N) is 1. The number of anilines is 1. The molecule has 84 valence electrons. The van der Waals surface area contributed by atoms with E-state index >= 15 is 0 Å². The first-order valence-corrected chi connectivity index (χ1v) is 6.25. The number of allylic oxidation sites excluding steroid dienone is 2. The number of hydrogen-bond donors (Lipinski definition) is 1. The van der Waals surface area contributed by atoms with Crippen LogP contribution < -0.4 is 5.32 Å². The summed E-state index contributed by atoms with van der Waals surface area (Å²) in [6.45, 7) is 0. The van der Waals surface area contributed by atoms with Gasteiger partial charge in [-0.1, -0.05) is 28.1 Å². The van der Waals surface area contributed by atoms with Crippen LogP contribution in [0.4, 0.5) is 5.69 Å². The average Bonchev–Trinajstić information content (AvgIpc) is 2.74. The summed E-state index contributed by atoms with van der Waals surface area (Å²) in [6, 6.07) is 7.63. The largest absolute Gasteiger partial charge is 0.326 e. The fraction of sp³-hybridized carbons (Fsp3) is 0.308. The van der Waals surface area contributed by atoms with Crippen molar-refractivity contribution in [2.45, 2.75) is 19.3 Å². The summed E-state index contributed by atoms with van der Waals surface area (Å²) in [4.78, 5) is 11.7. The van der Waals surface area contributed by atoms with Gasteiger partial charge in [-0.05, 0) is 43.0 Å². The zero-order valence-electron chi connectivity index (χ0n) is 8.95. The molecule has 0 aromatic heterocycles. The molecule has 1 amide bonds. The molecule has 0 spiro atoms. The highest BCUT2D eigenvalue weighted by Crippen LogP contribution is 2.21. The first-order valence-electron chi connectivity index (χ1n) is 5.46. The van der Waals surface area contributed by atoms with E-state index in [4.69, 9.17) is 0 Å². The summed E-state index contributed by atoms with van der Waals surface area (Å²) < 4.78 is 1.02. The molecule has 3 heteroatoms. The Morgan fingerprint density at radius 1 is 1.38 bits per heavy atom. The second kappa shape index (κ2) is 5.30. The van der Waals surface area contributed by atoms with Gasteiger partial charge in [-0.3, -0.25) is 4.79 Å². The molecule has 1 aliphatic rings. The number of carbonyl (C=O) groups excluding carboxylic acids is 1. The van der Waals surface area contributed by atoms with Crippen molar-refractivity contribution in [1.29, 1.82) is 0 Å². The number of hydrogen-bond acceptors (Lipinski definition) is 1. The monoisotopic (exact) mass is 279 g/mol. The first kappa shape index (κ1) is 11.4. The van der Waals surface area contributed by atoms with E-state index in [1.54, 1.807) is 0 Å². The van der Waals surface area contributed by atoms with E-state index in [1.807, 2.05) is 24.3 Å². The Balaban J connectivity index is 1.86. The molecule has 1 aromatic rings. The number of carbonyl (C=O) groups is 1. The van der Waals surface area contributed by atoms with Gasteiger partial charge in [0, 0.05) is 16.6 Å². The lowest BCUT2D eigenvalue weighted by atomic mass is 10.1. The van der Waals surface area contributed by atoms with Gasteiger partial charge in [-0.2, -0.15) is 0 Å². The van der Waals surface area contributed by atoms with Crippen molar-refractivity contribution in [2.75, 3.05) is 5.32 Å². The van der Waals surface area contributed by atoms with Crippen molar-refractivity contribution < 1.29 is 4.79 Å². The Morgan fingerprint density at radius 2 is 2.12 bits per heavy atom. The summed E-state index contributed by atoms with van der Waals surface area (Å²) in [5.41, 5.74) is 0.857. The van der Waals surface area contributed by atoms with Gasteiger partial charge in [0.2, 0.25) is 5.91 Å². The highest BCUT2D eigenvalue weighted by molar-refractivity contribution is 9.10. The second-order valence-corrected chi connectivity index (χ2v) is 4.94. The summed E-state index contributed by atoms with van der Waals surface area (Å²) in [7, 11) is 0. The van der Waals surface area contributed by atoms with Crippen LogP contribution in [0, 0.1) is 5.92 Å². The van der Waals surface area contributed by atoms with Gasteiger partial charge in [0.05, 0.1) is 0 Å². The van der Waals surface area contributed by atoms with Crippen LogP contribution >= 0.6 is 15.9 Å². The van der Waals surface area contributed by atoms with Gasteiger partial charge in [-0.25, -0.2) is 0 Å². The zero-order valence-corrected chi connectivity index (χ0v) is 10.5. The van der Waals surface area contributed by atoms with Crippen LogP contribution in [0.5, 0.6) is 0 Å². The van der Waals surface area contributed by atoms with E-state index in [2.05, 4.69) is 33.4 Å². The molecular formula is C13H14BrNO. The molecule has 1 aromatic carbocycles. The van der Waals surface area contributed by atoms with E-state index in [0.29, 0.717) is 12.3 Å². The quantitative estimate of drug-likeness (QED) is 0.839. The molecule has 1 atom stereocenters. The molecule has 0 saturated carbocycles. The smallest absolute Gasteiger partial charge is 0.224 e. The van der Waals surface area contributed by atoms with Crippen LogP contribution in [0.3, 0.4) is 0 Å². The van der Waals surface area contributed by atoms with Crippen molar-refractivity contribution >= 4 is 27.5 Å². The molecule has 0 saturated heterocycles. The molecule has 0 fully saturated rings. The minimum Gasteiger partial charge on any atom is -0.326 e. The third kappa shape index (κ3) is 3.20. The SMILES string of the molecule is O=C(C[C@H]1C=CCC1)Nc1ccc(Br)cc1. The summed E-state index contributed by atoms with van der Waals surface area (Å²) in [5.74, 6) is 0.523. The third-order valence-electron chi connectivity index (χ3n) is 2.69. The van der Waals surface area contributed by atoms with E-state index in [1.165, 1.54) is 0 Å². The fourth-order valence-corrected chi connectivity index (χ4v) is 2.11. The van der Waals surface area contributed by atoms with Crippen LogP contribution in [0.2, 0.25) is 0 Å². The van der Waals surface area contributed by atoms with Crippen LogP contribution in [-0.2, 0) is 4.79 Å². The second-order valence-electron chi connectivity index (χ2n) is 4.02. The molecule has 0 radical (unpaired) electrons. The molecule has 0 unspecified atom stereocenters. The lowest BCUT2D eigenvalue weighted by Gasteiger charge is -2.08. The molecule has 0 aliphatic heterocycles. The van der Waals surface area contributed by atoms with E-state index < -0.39 is 0 Å². The van der Waals surface area contributed by atoms with E-state index in [9.17, 15) is 4.79 Å². The van der Waals surface area contributed by atoms with Crippen molar-refractivity contribution in [3.63, 3.8) is 0 Å². The highest BCUT2D eigenvalue weighted by Gasteiger charge is 2.13. The van der Waals surface area contributed by atoms with Gasteiger partial charge < -0.3 is 5.32 Å². The Labute approximate surface area is 104 Å². The Morgan fingerprint density at radius 3 is 2.75 bits per heavy atom. The zero-order chi connectivity index (χ0) is 11.4. The van der Waals surface area contributed by atoms with Gasteiger partial charge in [0.25, 0.3) is 0 Å². The van der Waals surface area contributed by atoms with E-state index in [0.717, 1.165) is 23.0 Å². The molecular weight excluding hydrogens is 266 g/mol. The van der Waals surface area contributed by atoms with Gasteiger partial charge in [-0.15, -0.1) is 0 Å². The number of benzene rings is 1. The Bertz CT molecular complexity index is 397. The predicted molar refractivity (Wildman–Crippen MR) is 69.3 cm³/mol. The lowest BCUT2D eigenvalue weighted by molar-refractivity contribution is -0.116. The van der Waals surface area contributed by atoms with Crippen molar-refractivity contribution in [1.82, 2.24) is 0 Å². The number of amides is 1. The Hall–Kier alpha value is -1.09. The maximum atomic E-state index is 11.7. The van der Waals surface area contributed by atoms with Crippen LogP contribution in [-0.4, -0.2) is 5.91 Å². The Kier molecular flexibility index (Phi) is 3.78. The highest BCUT2D eigenvalue weighted by atomic mass is 79.9. The molecule has 1 aliphatic carbocycles. The maximum Gasteiger partial charge on any atom is 0.224 e. The molecule has 1 N–H and O–H groups in total. The topological polar surface area (TPSA) is 29.1 Å². The summed E-state index contributed by atoms with van der Waals surface area (Å²) in [6.07, 6.45) is 7.09. The van der Waals surface area contributed by atoms with Crippen molar-refractivity contribution in [3.05, 3.63) is 40.9 Å². The average molecular weight is 280 g/mol. The minimum atomic E-state index is 0.0962. The summed E-state index contributed by atoms with van der Waals surface area (Å²) >= 11 is 3.36. The van der Waals surface area contributed by atoms with Crippen molar-refractivity contribution in [2.24, 2.45) is 5.92 Å². The molecule has 0 heterocycles. The lowest BCUT2D eigenvalue weighted by Crippen LogP contribution is -2.14. The predicted octanol–water partition coefficient (Wildman–Crippen LogP) is 3.74. The normalized spacial score (nSPS) is 18.7. The van der Waals surface area contributed by atoms with Crippen molar-refractivity contribution in [3.8, 4) is 0 Å². The van der Waals surface area contributed by atoms with Crippen LogP contribution in [0.25, 0.3) is 0 Å². The number of halogens is 1. The van der Waals surface area contributed by atoms with Gasteiger partial charge in [0.1, 0.15) is 0 Å². The number of rotatable bonds is 3. The molecule has 16 heavy (non-hydrogen) atoms. The molecule has 2 rings (SSSR count). The molecule has 2 nitrogen and oxygen atoms in total. The van der Waals surface area contributed by atoms with Gasteiger partial charge >= 0.3 is 0 Å². The summed E-state index contributed by atoms with van der Waals surface area (Å²) in [5, 5.41) is 2.90. The van der Waals surface area contributed by atoms with E-state index in [-0.39, 0.29) is 5.91 Å². The van der Waals surface area contributed by atoms with Gasteiger partial charge in [0.15, 0.2) is 0 Å².